The summed E-state index contributed by atoms with van der Waals surface area (Å²) in [4.78, 5) is 13.7. The van der Waals surface area contributed by atoms with Crippen molar-refractivity contribution in [1.29, 1.82) is 0 Å². The number of carbonyl (C=O) groups is 1. The summed E-state index contributed by atoms with van der Waals surface area (Å²) in [5.41, 5.74) is 1.30. The Morgan fingerprint density at radius 1 is 0.952 bits per heavy atom. The molecule has 108 valence electrons. The molecule has 1 aliphatic heterocycles. The van der Waals surface area contributed by atoms with Crippen molar-refractivity contribution in [2.45, 2.75) is 11.3 Å². The summed E-state index contributed by atoms with van der Waals surface area (Å²) in [5, 5.41) is 0. The van der Waals surface area contributed by atoms with Gasteiger partial charge in [-0.2, -0.15) is 0 Å². The van der Waals surface area contributed by atoms with Gasteiger partial charge in [-0.3, -0.25) is 4.79 Å². The van der Waals surface area contributed by atoms with E-state index in [0.29, 0.717) is 35.8 Å². The van der Waals surface area contributed by atoms with Gasteiger partial charge < -0.3 is 9.47 Å². The predicted molar refractivity (Wildman–Crippen MR) is 83.7 cm³/mol. The molecular formula is C17H16O3S. The third kappa shape index (κ3) is 3.05. The Bertz CT molecular complexity index is 650. The van der Waals surface area contributed by atoms with E-state index in [2.05, 4.69) is 0 Å². The number of ether oxygens (including phenoxy) is 2. The molecule has 3 nitrogen and oxygen atoms in total. The minimum Gasteiger partial charge on any atom is -0.490 e. The molecule has 0 fully saturated rings. The zero-order chi connectivity index (χ0) is 14.7. The molecule has 0 aromatic heterocycles. The fourth-order valence-corrected chi connectivity index (χ4v) is 2.62. The van der Waals surface area contributed by atoms with Gasteiger partial charge in [0.05, 0.1) is 13.2 Å². The molecule has 0 spiro atoms. The highest BCUT2D eigenvalue weighted by Gasteiger charge is 2.15. The fourth-order valence-electron chi connectivity index (χ4n) is 2.21. The summed E-state index contributed by atoms with van der Waals surface area (Å²) in [6.45, 7) is 1.27. The molecule has 21 heavy (non-hydrogen) atoms. The SMILES string of the molecule is CSc1ccc(C(=O)c2ccc3c(c2)OCCCO3)cc1. The quantitative estimate of drug-likeness (QED) is 0.638. The number of rotatable bonds is 3. The van der Waals surface area contributed by atoms with E-state index in [1.54, 1.807) is 23.9 Å². The first-order chi connectivity index (χ1) is 10.3. The van der Waals surface area contributed by atoms with Gasteiger partial charge in [0.1, 0.15) is 0 Å². The summed E-state index contributed by atoms with van der Waals surface area (Å²) in [5.74, 6) is 1.36. The Balaban J connectivity index is 1.88. The van der Waals surface area contributed by atoms with Crippen molar-refractivity contribution in [3.8, 4) is 11.5 Å². The average Bonchev–Trinajstić information content (AvgIpc) is 2.79. The van der Waals surface area contributed by atoms with Crippen LogP contribution in [-0.4, -0.2) is 25.3 Å². The van der Waals surface area contributed by atoms with Crippen molar-refractivity contribution in [2.24, 2.45) is 0 Å². The van der Waals surface area contributed by atoms with E-state index in [1.807, 2.05) is 36.6 Å². The zero-order valence-corrected chi connectivity index (χ0v) is 12.6. The van der Waals surface area contributed by atoms with Crippen molar-refractivity contribution in [3.63, 3.8) is 0 Å². The Labute approximate surface area is 128 Å². The summed E-state index contributed by atoms with van der Waals surface area (Å²) in [7, 11) is 0. The van der Waals surface area contributed by atoms with Gasteiger partial charge in [0, 0.05) is 22.4 Å². The van der Waals surface area contributed by atoms with E-state index in [4.69, 9.17) is 9.47 Å². The largest absolute Gasteiger partial charge is 0.490 e. The van der Waals surface area contributed by atoms with Crippen LogP contribution in [-0.2, 0) is 0 Å². The Kier molecular flexibility index (Phi) is 4.15. The second kappa shape index (κ2) is 6.22. The van der Waals surface area contributed by atoms with Crippen LogP contribution in [0.1, 0.15) is 22.3 Å². The fraction of sp³-hybridized carbons (Fsp3) is 0.235. The van der Waals surface area contributed by atoms with Crippen LogP contribution in [0.15, 0.2) is 47.4 Å². The van der Waals surface area contributed by atoms with Crippen LogP contribution in [0, 0.1) is 0 Å². The van der Waals surface area contributed by atoms with E-state index in [1.165, 1.54) is 0 Å². The lowest BCUT2D eigenvalue weighted by Crippen LogP contribution is -2.02. The topological polar surface area (TPSA) is 35.5 Å². The molecule has 0 amide bonds. The zero-order valence-electron chi connectivity index (χ0n) is 11.8. The molecule has 0 radical (unpaired) electrons. The van der Waals surface area contributed by atoms with Gasteiger partial charge >= 0.3 is 0 Å². The third-order valence-corrected chi connectivity index (χ3v) is 4.11. The molecule has 0 aliphatic carbocycles. The maximum absolute atomic E-state index is 12.5. The second-order valence-electron chi connectivity index (χ2n) is 4.77. The summed E-state index contributed by atoms with van der Waals surface area (Å²) >= 11 is 1.66. The van der Waals surface area contributed by atoms with Crippen LogP contribution in [0.5, 0.6) is 11.5 Å². The number of benzene rings is 2. The number of thioether (sulfide) groups is 1. The molecule has 2 aromatic rings. The molecule has 0 N–H and O–H groups in total. The van der Waals surface area contributed by atoms with Crippen LogP contribution >= 0.6 is 11.8 Å². The predicted octanol–water partition coefficient (Wildman–Crippen LogP) is 3.80. The highest BCUT2D eigenvalue weighted by molar-refractivity contribution is 7.98. The van der Waals surface area contributed by atoms with Crippen LogP contribution in [0.4, 0.5) is 0 Å². The molecule has 3 rings (SSSR count). The van der Waals surface area contributed by atoms with Crippen molar-refractivity contribution in [1.82, 2.24) is 0 Å². The van der Waals surface area contributed by atoms with E-state index >= 15 is 0 Å². The van der Waals surface area contributed by atoms with E-state index in [9.17, 15) is 4.79 Å². The van der Waals surface area contributed by atoms with E-state index < -0.39 is 0 Å². The molecule has 0 saturated carbocycles. The van der Waals surface area contributed by atoms with Crippen molar-refractivity contribution in [3.05, 3.63) is 53.6 Å². The Morgan fingerprint density at radius 2 is 1.62 bits per heavy atom. The van der Waals surface area contributed by atoms with Gasteiger partial charge in [-0.05, 0) is 48.7 Å². The van der Waals surface area contributed by atoms with Gasteiger partial charge in [0.15, 0.2) is 17.3 Å². The first kappa shape index (κ1) is 14.0. The molecule has 4 heteroatoms. The van der Waals surface area contributed by atoms with Crippen molar-refractivity contribution < 1.29 is 14.3 Å². The molecule has 0 bridgehead atoms. The Hall–Kier alpha value is -1.94. The molecule has 1 heterocycles. The minimum absolute atomic E-state index is 0.00157. The standard InChI is InChI=1S/C17H16O3S/c1-21-14-6-3-12(4-7-14)17(18)13-5-8-15-16(11-13)20-10-2-9-19-15/h3-8,11H,2,9-10H2,1H3. The number of carbonyl (C=O) groups excluding carboxylic acids is 1. The van der Waals surface area contributed by atoms with E-state index in [-0.39, 0.29) is 5.78 Å². The smallest absolute Gasteiger partial charge is 0.193 e. The number of hydrogen-bond acceptors (Lipinski definition) is 4. The Morgan fingerprint density at radius 3 is 2.33 bits per heavy atom. The lowest BCUT2D eigenvalue weighted by atomic mass is 10.0. The van der Waals surface area contributed by atoms with Crippen LogP contribution in [0.25, 0.3) is 0 Å². The molecule has 0 atom stereocenters. The lowest BCUT2D eigenvalue weighted by molar-refractivity contribution is 0.103. The van der Waals surface area contributed by atoms with Crippen LogP contribution in [0.2, 0.25) is 0 Å². The third-order valence-electron chi connectivity index (χ3n) is 3.36. The van der Waals surface area contributed by atoms with Gasteiger partial charge in [-0.25, -0.2) is 0 Å². The van der Waals surface area contributed by atoms with Crippen LogP contribution in [0.3, 0.4) is 0 Å². The van der Waals surface area contributed by atoms with Crippen molar-refractivity contribution >= 4 is 17.5 Å². The number of hydrogen-bond donors (Lipinski definition) is 0. The highest BCUT2D eigenvalue weighted by Crippen LogP contribution is 2.31. The molecule has 0 unspecified atom stereocenters. The summed E-state index contributed by atoms with van der Waals surface area (Å²) in [6, 6.07) is 13.0. The summed E-state index contributed by atoms with van der Waals surface area (Å²) in [6.07, 6.45) is 2.87. The normalized spacial score (nSPS) is 13.6. The van der Waals surface area contributed by atoms with Gasteiger partial charge in [-0.1, -0.05) is 0 Å². The summed E-state index contributed by atoms with van der Waals surface area (Å²) < 4.78 is 11.2. The molecule has 1 aliphatic rings. The second-order valence-corrected chi connectivity index (χ2v) is 5.65. The number of fused-ring (bicyclic) bond motifs is 1. The monoisotopic (exact) mass is 300 g/mol. The number of ketones is 1. The lowest BCUT2D eigenvalue weighted by Gasteiger charge is -2.09. The highest BCUT2D eigenvalue weighted by atomic mass is 32.2. The van der Waals surface area contributed by atoms with Gasteiger partial charge in [-0.15, -0.1) is 11.8 Å². The van der Waals surface area contributed by atoms with Gasteiger partial charge in [0.25, 0.3) is 0 Å². The van der Waals surface area contributed by atoms with Crippen LogP contribution < -0.4 is 9.47 Å². The van der Waals surface area contributed by atoms with E-state index in [0.717, 1.165) is 11.3 Å². The molecule has 2 aromatic carbocycles. The maximum Gasteiger partial charge on any atom is 0.193 e. The first-order valence-electron chi connectivity index (χ1n) is 6.86. The first-order valence-corrected chi connectivity index (χ1v) is 8.09. The van der Waals surface area contributed by atoms with Crippen molar-refractivity contribution in [2.75, 3.05) is 19.5 Å². The molecular weight excluding hydrogens is 284 g/mol. The minimum atomic E-state index is -0.00157. The van der Waals surface area contributed by atoms with Gasteiger partial charge in [0.2, 0.25) is 0 Å². The maximum atomic E-state index is 12.5. The molecule has 0 saturated heterocycles. The average molecular weight is 300 g/mol.